The maximum absolute atomic E-state index is 6.18. The van der Waals surface area contributed by atoms with Crippen molar-refractivity contribution in [1.29, 1.82) is 0 Å². The lowest BCUT2D eigenvalue weighted by Crippen LogP contribution is -2.20. The largest absolute Gasteiger partial charge is 0.491 e. The van der Waals surface area contributed by atoms with Crippen molar-refractivity contribution in [1.82, 2.24) is 0 Å². The highest BCUT2D eigenvalue weighted by Gasteiger charge is 2.20. The van der Waals surface area contributed by atoms with Gasteiger partial charge in [-0.2, -0.15) is 0 Å². The van der Waals surface area contributed by atoms with Crippen LogP contribution in [-0.2, 0) is 0 Å². The number of hydrogen-bond donors (Lipinski definition) is 1. The summed E-state index contributed by atoms with van der Waals surface area (Å²) >= 11 is 0. The van der Waals surface area contributed by atoms with Crippen LogP contribution in [0, 0.1) is 6.92 Å². The summed E-state index contributed by atoms with van der Waals surface area (Å²) in [6, 6.07) is 14.2. The monoisotopic (exact) mass is 254 g/mol. The lowest BCUT2D eigenvalue weighted by atomic mass is 10.1. The number of hydrogen-bond acceptors (Lipinski definition) is 3. The number of nitrogen functional groups attached to an aromatic ring is 1. The van der Waals surface area contributed by atoms with E-state index < -0.39 is 0 Å². The molecule has 1 aliphatic heterocycles. The molecule has 0 radical (unpaired) electrons. The van der Waals surface area contributed by atoms with Crippen LogP contribution in [0.15, 0.2) is 42.5 Å². The minimum Gasteiger partial charge on any atom is -0.491 e. The molecule has 0 saturated carbocycles. The Kier molecular flexibility index (Phi) is 3.03. The molecule has 1 heterocycles. The molecule has 3 heteroatoms. The van der Waals surface area contributed by atoms with Gasteiger partial charge in [0, 0.05) is 6.54 Å². The molecule has 0 unspecified atom stereocenters. The average molecular weight is 254 g/mol. The highest BCUT2D eigenvalue weighted by Crippen LogP contribution is 2.39. The average Bonchev–Trinajstić information content (AvgIpc) is 2.62. The van der Waals surface area contributed by atoms with Crippen molar-refractivity contribution >= 4 is 17.1 Å². The van der Waals surface area contributed by atoms with Gasteiger partial charge in [0.2, 0.25) is 0 Å². The minimum absolute atomic E-state index is 0.749. The fraction of sp³-hybridized carbons (Fsp3) is 0.250. The Bertz CT molecular complexity index is 575. The molecule has 1 aliphatic rings. The van der Waals surface area contributed by atoms with Gasteiger partial charge in [-0.3, -0.25) is 0 Å². The molecule has 0 aromatic heterocycles. The summed E-state index contributed by atoms with van der Waals surface area (Å²) in [5.74, 6) is 0.933. The van der Waals surface area contributed by atoms with E-state index in [1.54, 1.807) is 0 Å². The zero-order valence-electron chi connectivity index (χ0n) is 11.1. The summed E-state index contributed by atoms with van der Waals surface area (Å²) in [4.78, 5) is 2.27. The third-order valence-corrected chi connectivity index (χ3v) is 3.48. The fourth-order valence-corrected chi connectivity index (χ4v) is 2.61. The Morgan fingerprint density at radius 1 is 1.11 bits per heavy atom. The molecule has 0 bridgehead atoms. The first-order valence-electron chi connectivity index (χ1n) is 6.62. The molecule has 98 valence electrons. The summed E-state index contributed by atoms with van der Waals surface area (Å²) in [7, 11) is 0. The number of anilines is 3. The van der Waals surface area contributed by atoms with E-state index in [1.165, 1.54) is 5.56 Å². The van der Waals surface area contributed by atoms with Crippen LogP contribution < -0.4 is 15.4 Å². The van der Waals surface area contributed by atoms with Crippen molar-refractivity contribution in [2.45, 2.75) is 13.3 Å². The number of nitrogens with two attached hydrogens (primary N) is 1. The number of rotatable bonds is 1. The summed E-state index contributed by atoms with van der Waals surface area (Å²) in [6.45, 7) is 3.77. The highest BCUT2D eigenvalue weighted by atomic mass is 16.5. The highest BCUT2D eigenvalue weighted by molar-refractivity contribution is 5.80. The summed E-state index contributed by atoms with van der Waals surface area (Å²) in [5.41, 5.74) is 10.4. The molecule has 0 fully saturated rings. The number of para-hydroxylation sites is 3. The van der Waals surface area contributed by atoms with Gasteiger partial charge in [-0.05, 0) is 37.1 Å². The fourth-order valence-electron chi connectivity index (χ4n) is 2.61. The van der Waals surface area contributed by atoms with Crippen molar-refractivity contribution in [2.75, 3.05) is 23.8 Å². The van der Waals surface area contributed by atoms with Crippen LogP contribution in [0.25, 0.3) is 0 Å². The molecular weight excluding hydrogens is 236 g/mol. The molecule has 2 aromatic rings. The van der Waals surface area contributed by atoms with E-state index in [2.05, 4.69) is 24.0 Å². The molecule has 2 aromatic carbocycles. The normalized spacial score (nSPS) is 14.5. The Hall–Kier alpha value is -2.16. The van der Waals surface area contributed by atoms with Crippen LogP contribution in [0.5, 0.6) is 5.75 Å². The van der Waals surface area contributed by atoms with Crippen molar-refractivity contribution in [3.05, 3.63) is 48.0 Å². The second-order valence-electron chi connectivity index (χ2n) is 4.83. The molecule has 3 rings (SSSR count). The second kappa shape index (κ2) is 4.84. The van der Waals surface area contributed by atoms with Gasteiger partial charge in [-0.1, -0.05) is 24.3 Å². The SMILES string of the molecule is Cc1cccc(N)c1N1CCCOc2ccccc21. The van der Waals surface area contributed by atoms with Crippen LogP contribution in [0.4, 0.5) is 17.1 Å². The quantitative estimate of drug-likeness (QED) is 0.792. The number of fused-ring (bicyclic) bond motifs is 1. The van der Waals surface area contributed by atoms with Crippen molar-refractivity contribution in [3.63, 3.8) is 0 Å². The van der Waals surface area contributed by atoms with Gasteiger partial charge >= 0.3 is 0 Å². The lowest BCUT2D eigenvalue weighted by molar-refractivity contribution is 0.322. The van der Waals surface area contributed by atoms with E-state index in [0.717, 1.165) is 42.4 Å². The van der Waals surface area contributed by atoms with Crippen LogP contribution in [-0.4, -0.2) is 13.2 Å². The predicted octanol–water partition coefficient (Wildman–Crippen LogP) is 3.50. The first kappa shape index (κ1) is 11.9. The first-order valence-corrected chi connectivity index (χ1v) is 6.62. The molecule has 0 aliphatic carbocycles. The van der Waals surface area contributed by atoms with Gasteiger partial charge in [-0.25, -0.2) is 0 Å². The Morgan fingerprint density at radius 2 is 1.95 bits per heavy atom. The second-order valence-corrected chi connectivity index (χ2v) is 4.83. The van der Waals surface area contributed by atoms with Crippen LogP contribution >= 0.6 is 0 Å². The van der Waals surface area contributed by atoms with Gasteiger partial charge < -0.3 is 15.4 Å². The van der Waals surface area contributed by atoms with Gasteiger partial charge in [-0.15, -0.1) is 0 Å². The van der Waals surface area contributed by atoms with Gasteiger partial charge in [0.15, 0.2) is 0 Å². The third-order valence-electron chi connectivity index (χ3n) is 3.48. The summed E-state index contributed by atoms with van der Waals surface area (Å²) < 4.78 is 5.80. The van der Waals surface area contributed by atoms with E-state index in [4.69, 9.17) is 10.5 Å². The Morgan fingerprint density at radius 3 is 2.79 bits per heavy atom. The van der Waals surface area contributed by atoms with E-state index in [1.807, 2.05) is 30.3 Å². The van der Waals surface area contributed by atoms with Crippen LogP contribution in [0.2, 0.25) is 0 Å². The summed E-state index contributed by atoms with van der Waals surface area (Å²) in [6.07, 6.45) is 0.989. The van der Waals surface area contributed by atoms with Crippen molar-refractivity contribution < 1.29 is 4.74 Å². The lowest BCUT2D eigenvalue weighted by Gasteiger charge is -2.27. The standard InChI is InChI=1S/C16H18N2O/c1-12-6-4-7-13(17)16(12)18-10-5-11-19-15-9-3-2-8-14(15)18/h2-4,6-9H,5,10-11,17H2,1H3. The molecule has 0 spiro atoms. The zero-order valence-corrected chi connectivity index (χ0v) is 11.1. The van der Waals surface area contributed by atoms with Crippen LogP contribution in [0.1, 0.15) is 12.0 Å². The predicted molar refractivity (Wildman–Crippen MR) is 79.2 cm³/mol. The molecule has 2 N–H and O–H groups in total. The van der Waals surface area contributed by atoms with E-state index in [9.17, 15) is 0 Å². The van der Waals surface area contributed by atoms with E-state index in [0.29, 0.717) is 0 Å². The molecule has 0 amide bonds. The van der Waals surface area contributed by atoms with E-state index in [-0.39, 0.29) is 0 Å². The molecule has 0 saturated heterocycles. The molecular formula is C16H18N2O. The maximum Gasteiger partial charge on any atom is 0.142 e. The molecule has 3 nitrogen and oxygen atoms in total. The van der Waals surface area contributed by atoms with Crippen molar-refractivity contribution in [3.8, 4) is 5.75 Å². The first-order chi connectivity index (χ1) is 9.27. The third kappa shape index (κ3) is 2.12. The number of benzene rings is 2. The Balaban J connectivity index is 2.15. The Labute approximate surface area is 113 Å². The maximum atomic E-state index is 6.18. The molecule has 19 heavy (non-hydrogen) atoms. The number of aryl methyl sites for hydroxylation is 1. The zero-order chi connectivity index (χ0) is 13.2. The number of nitrogens with zero attached hydrogens (tertiary/aromatic N) is 1. The van der Waals surface area contributed by atoms with Gasteiger partial charge in [0.25, 0.3) is 0 Å². The topological polar surface area (TPSA) is 38.5 Å². The van der Waals surface area contributed by atoms with Gasteiger partial charge in [0.1, 0.15) is 5.75 Å². The van der Waals surface area contributed by atoms with Gasteiger partial charge in [0.05, 0.1) is 23.7 Å². The van der Waals surface area contributed by atoms with Crippen LogP contribution in [0.3, 0.4) is 0 Å². The van der Waals surface area contributed by atoms with E-state index >= 15 is 0 Å². The minimum atomic E-state index is 0.749. The van der Waals surface area contributed by atoms with Crippen molar-refractivity contribution in [2.24, 2.45) is 0 Å². The summed E-state index contributed by atoms with van der Waals surface area (Å²) in [5, 5.41) is 0. The smallest absolute Gasteiger partial charge is 0.142 e. The molecule has 0 atom stereocenters. The number of ether oxygens (including phenoxy) is 1.